The first-order valence-corrected chi connectivity index (χ1v) is 5.90. The van der Waals surface area contributed by atoms with Crippen molar-refractivity contribution >= 4 is 27.2 Å². The standard InChI is InChI=1S/C11H14N2OS/c1-2-3-4-10-13-11-8(12)5-7(14)6-9(11)15-10/h5-6,14H,2-4,12H2,1H3. The maximum absolute atomic E-state index is 9.40. The summed E-state index contributed by atoms with van der Waals surface area (Å²) in [6.45, 7) is 2.16. The monoisotopic (exact) mass is 222 g/mol. The van der Waals surface area contributed by atoms with Crippen LogP contribution < -0.4 is 5.73 Å². The van der Waals surface area contributed by atoms with Gasteiger partial charge in [-0.15, -0.1) is 11.3 Å². The first kappa shape index (κ1) is 10.2. The molecular formula is C11H14N2OS. The minimum atomic E-state index is 0.214. The Balaban J connectivity index is 2.41. The average Bonchev–Trinajstić information content (AvgIpc) is 2.57. The molecule has 0 radical (unpaired) electrons. The molecule has 3 N–H and O–H groups in total. The van der Waals surface area contributed by atoms with Gasteiger partial charge in [0.15, 0.2) is 0 Å². The summed E-state index contributed by atoms with van der Waals surface area (Å²) < 4.78 is 0.971. The second-order valence-electron chi connectivity index (χ2n) is 3.59. The van der Waals surface area contributed by atoms with E-state index in [1.807, 2.05) is 0 Å². The molecule has 1 heterocycles. The number of fused-ring (bicyclic) bond motifs is 1. The molecule has 0 amide bonds. The van der Waals surface area contributed by atoms with Crippen molar-refractivity contribution in [1.29, 1.82) is 0 Å². The van der Waals surface area contributed by atoms with Crippen LogP contribution in [-0.2, 0) is 6.42 Å². The van der Waals surface area contributed by atoms with Gasteiger partial charge in [0.25, 0.3) is 0 Å². The van der Waals surface area contributed by atoms with Gasteiger partial charge in [-0.3, -0.25) is 0 Å². The van der Waals surface area contributed by atoms with E-state index in [1.165, 1.54) is 0 Å². The van der Waals surface area contributed by atoms with Crippen LogP contribution in [0, 0.1) is 0 Å². The van der Waals surface area contributed by atoms with E-state index < -0.39 is 0 Å². The molecular weight excluding hydrogens is 208 g/mol. The molecule has 0 bridgehead atoms. The van der Waals surface area contributed by atoms with Crippen molar-refractivity contribution in [2.24, 2.45) is 0 Å². The summed E-state index contributed by atoms with van der Waals surface area (Å²) in [7, 11) is 0. The number of nitrogen functional groups attached to an aromatic ring is 1. The Hall–Kier alpha value is -1.29. The zero-order valence-electron chi connectivity index (χ0n) is 8.66. The molecule has 0 aliphatic rings. The van der Waals surface area contributed by atoms with E-state index in [1.54, 1.807) is 23.5 Å². The normalized spacial score (nSPS) is 11.0. The molecule has 0 aliphatic carbocycles. The number of thiazole rings is 1. The Kier molecular flexibility index (Phi) is 2.77. The Morgan fingerprint density at radius 3 is 3.00 bits per heavy atom. The van der Waals surface area contributed by atoms with E-state index in [9.17, 15) is 5.11 Å². The molecule has 0 atom stereocenters. The number of aromatic nitrogens is 1. The quantitative estimate of drug-likeness (QED) is 0.785. The maximum Gasteiger partial charge on any atom is 0.119 e. The van der Waals surface area contributed by atoms with Crippen LogP contribution in [0.4, 0.5) is 5.69 Å². The predicted molar refractivity (Wildman–Crippen MR) is 64.3 cm³/mol. The second-order valence-corrected chi connectivity index (χ2v) is 4.71. The fourth-order valence-electron chi connectivity index (χ4n) is 1.52. The number of unbranched alkanes of at least 4 members (excludes halogenated alkanes) is 1. The first-order chi connectivity index (χ1) is 7.20. The highest BCUT2D eigenvalue weighted by Gasteiger charge is 2.07. The lowest BCUT2D eigenvalue weighted by Gasteiger charge is -1.95. The Morgan fingerprint density at radius 1 is 1.47 bits per heavy atom. The van der Waals surface area contributed by atoms with Gasteiger partial charge in [0.05, 0.1) is 15.4 Å². The lowest BCUT2D eigenvalue weighted by atomic mass is 10.2. The molecule has 2 aromatic rings. The van der Waals surface area contributed by atoms with E-state index in [0.29, 0.717) is 5.69 Å². The van der Waals surface area contributed by atoms with E-state index in [2.05, 4.69) is 11.9 Å². The average molecular weight is 222 g/mol. The van der Waals surface area contributed by atoms with E-state index >= 15 is 0 Å². The fourth-order valence-corrected chi connectivity index (χ4v) is 2.60. The van der Waals surface area contributed by atoms with Gasteiger partial charge in [0.2, 0.25) is 0 Å². The zero-order valence-corrected chi connectivity index (χ0v) is 9.47. The molecule has 4 heteroatoms. The van der Waals surface area contributed by atoms with Crippen LogP contribution in [0.2, 0.25) is 0 Å². The largest absolute Gasteiger partial charge is 0.508 e. The van der Waals surface area contributed by atoms with Crippen molar-refractivity contribution in [2.45, 2.75) is 26.2 Å². The number of aromatic hydroxyl groups is 1. The molecule has 0 fully saturated rings. The van der Waals surface area contributed by atoms with Crippen LogP contribution in [0.15, 0.2) is 12.1 Å². The van der Waals surface area contributed by atoms with E-state index in [4.69, 9.17) is 5.73 Å². The number of nitrogens with zero attached hydrogens (tertiary/aromatic N) is 1. The first-order valence-electron chi connectivity index (χ1n) is 5.08. The number of aryl methyl sites for hydroxylation is 1. The fraction of sp³-hybridized carbons (Fsp3) is 0.364. The van der Waals surface area contributed by atoms with Crippen molar-refractivity contribution in [3.05, 3.63) is 17.1 Å². The van der Waals surface area contributed by atoms with Crippen molar-refractivity contribution < 1.29 is 5.11 Å². The molecule has 1 aromatic carbocycles. The predicted octanol–water partition coefficient (Wildman–Crippen LogP) is 2.93. The molecule has 1 aromatic heterocycles. The third kappa shape index (κ3) is 2.04. The number of nitrogens with two attached hydrogens (primary N) is 1. The van der Waals surface area contributed by atoms with Gasteiger partial charge in [0, 0.05) is 6.07 Å². The number of benzene rings is 1. The zero-order chi connectivity index (χ0) is 10.8. The Morgan fingerprint density at radius 2 is 2.27 bits per heavy atom. The van der Waals surface area contributed by atoms with E-state index in [-0.39, 0.29) is 5.75 Å². The molecule has 0 saturated heterocycles. The third-order valence-electron chi connectivity index (χ3n) is 2.30. The molecule has 3 nitrogen and oxygen atoms in total. The number of phenols is 1. The maximum atomic E-state index is 9.40. The summed E-state index contributed by atoms with van der Waals surface area (Å²) in [6, 6.07) is 3.27. The second kappa shape index (κ2) is 4.06. The molecule has 0 spiro atoms. The van der Waals surface area contributed by atoms with Crippen LogP contribution in [0.25, 0.3) is 10.2 Å². The molecule has 0 aliphatic heterocycles. The van der Waals surface area contributed by atoms with Crippen LogP contribution in [0.3, 0.4) is 0 Å². The van der Waals surface area contributed by atoms with Crippen LogP contribution in [0.5, 0.6) is 5.75 Å². The number of phenolic OH excluding ortho intramolecular Hbond substituents is 1. The summed E-state index contributed by atoms with van der Waals surface area (Å²) in [5.74, 6) is 0.214. The lowest BCUT2D eigenvalue weighted by molar-refractivity contribution is 0.476. The number of hydrogen-bond acceptors (Lipinski definition) is 4. The van der Waals surface area contributed by atoms with Gasteiger partial charge in [-0.25, -0.2) is 4.98 Å². The molecule has 15 heavy (non-hydrogen) atoms. The lowest BCUT2D eigenvalue weighted by Crippen LogP contribution is -1.87. The summed E-state index contributed by atoms with van der Waals surface area (Å²) in [6.07, 6.45) is 3.30. The van der Waals surface area contributed by atoms with E-state index in [0.717, 1.165) is 34.5 Å². The van der Waals surface area contributed by atoms with Crippen molar-refractivity contribution in [1.82, 2.24) is 4.98 Å². The number of anilines is 1. The van der Waals surface area contributed by atoms with Crippen LogP contribution in [-0.4, -0.2) is 10.1 Å². The van der Waals surface area contributed by atoms with Gasteiger partial charge < -0.3 is 10.8 Å². The van der Waals surface area contributed by atoms with Crippen LogP contribution in [0.1, 0.15) is 24.8 Å². The van der Waals surface area contributed by atoms with Gasteiger partial charge in [-0.05, 0) is 18.9 Å². The van der Waals surface area contributed by atoms with Gasteiger partial charge in [0.1, 0.15) is 11.3 Å². The topological polar surface area (TPSA) is 59.1 Å². The highest BCUT2D eigenvalue weighted by molar-refractivity contribution is 7.18. The highest BCUT2D eigenvalue weighted by atomic mass is 32.1. The Bertz CT molecular complexity index is 479. The molecule has 2 rings (SSSR count). The summed E-state index contributed by atoms with van der Waals surface area (Å²) in [5.41, 5.74) is 7.17. The minimum absolute atomic E-state index is 0.214. The number of hydrogen-bond donors (Lipinski definition) is 2. The summed E-state index contributed by atoms with van der Waals surface area (Å²) in [5, 5.41) is 10.5. The van der Waals surface area contributed by atoms with Crippen LogP contribution >= 0.6 is 11.3 Å². The highest BCUT2D eigenvalue weighted by Crippen LogP contribution is 2.31. The van der Waals surface area contributed by atoms with Crippen molar-refractivity contribution in [2.75, 3.05) is 5.73 Å². The van der Waals surface area contributed by atoms with Gasteiger partial charge in [-0.1, -0.05) is 13.3 Å². The SMILES string of the molecule is CCCCc1nc2c(N)cc(O)cc2s1. The Labute approximate surface area is 92.6 Å². The minimum Gasteiger partial charge on any atom is -0.508 e. The summed E-state index contributed by atoms with van der Waals surface area (Å²) in [4.78, 5) is 4.47. The summed E-state index contributed by atoms with van der Waals surface area (Å²) >= 11 is 1.61. The van der Waals surface area contributed by atoms with Gasteiger partial charge in [-0.2, -0.15) is 0 Å². The molecule has 0 unspecified atom stereocenters. The third-order valence-corrected chi connectivity index (χ3v) is 3.36. The van der Waals surface area contributed by atoms with Crippen molar-refractivity contribution in [3.8, 4) is 5.75 Å². The number of rotatable bonds is 3. The van der Waals surface area contributed by atoms with Gasteiger partial charge >= 0.3 is 0 Å². The van der Waals surface area contributed by atoms with Crippen molar-refractivity contribution in [3.63, 3.8) is 0 Å². The molecule has 0 saturated carbocycles. The molecule has 80 valence electrons. The smallest absolute Gasteiger partial charge is 0.119 e.